The number of rotatable bonds is 6. The lowest BCUT2D eigenvalue weighted by Gasteiger charge is -2.14. The summed E-state index contributed by atoms with van der Waals surface area (Å²) in [4.78, 5) is 12.8. The Labute approximate surface area is 200 Å². The number of hydrogen-bond acceptors (Lipinski definition) is 4. The summed E-state index contributed by atoms with van der Waals surface area (Å²) < 4.78 is 17.1. The van der Waals surface area contributed by atoms with Crippen LogP contribution in [0.5, 0.6) is 11.5 Å². The first-order valence-electron chi connectivity index (χ1n) is 11.1. The molecule has 3 aromatic carbocycles. The largest absolute Gasteiger partial charge is 0.497 e. The third-order valence-electron chi connectivity index (χ3n) is 6.04. The van der Waals surface area contributed by atoms with E-state index in [1.54, 1.807) is 26.6 Å². The fourth-order valence-corrected chi connectivity index (χ4v) is 4.28. The van der Waals surface area contributed by atoms with E-state index in [1.165, 1.54) is 0 Å². The first-order chi connectivity index (χ1) is 16.3. The Morgan fingerprint density at radius 1 is 1.00 bits per heavy atom. The number of amides is 1. The van der Waals surface area contributed by atoms with Crippen LogP contribution in [-0.2, 0) is 4.79 Å². The smallest absolute Gasteiger partial charge is 0.248 e. The molecule has 0 fully saturated rings. The number of benzene rings is 3. The quantitative estimate of drug-likeness (QED) is 0.316. The van der Waals surface area contributed by atoms with Crippen molar-refractivity contribution in [2.45, 2.75) is 27.7 Å². The molecule has 0 saturated heterocycles. The molecule has 5 heteroatoms. The number of nitrogens with one attached hydrogen (secondary N) is 1. The molecule has 0 radical (unpaired) electrons. The molecular formula is C29H29NO4. The predicted octanol–water partition coefficient (Wildman–Crippen LogP) is 7.08. The van der Waals surface area contributed by atoms with Gasteiger partial charge < -0.3 is 19.2 Å². The number of methoxy groups -OCH3 is 2. The third kappa shape index (κ3) is 4.42. The van der Waals surface area contributed by atoms with Gasteiger partial charge in [0.1, 0.15) is 17.1 Å². The molecule has 1 N–H and O–H groups in total. The van der Waals surface area contributed by atoms with Crippen LogP contribution in [0.2, 0.25) is 0 Å². The van der Waals surface area contributed by atoms with Crippen molar-refractivity contribution < 1.29 is 18.7 Å². The van der Waals surface area contributed by atoms with E-state index < -0.39 is 0 Å². The highest BCUT2D eigenvalue weighted by molar-refractivity contribution is 6.06. The number of carbonyl (C=O) groups is 1. The van der Waals surface area contributed by atoms with Crippen LogP contribution < -0.4 is 14.8 Å². The van der Waals surface area contributed by atoms with Crippen molar-refractivity contribution >= 4 is 28.1 Å². The zero-order valence-corrected chi connectivity index (χ0v) is 20.4. The molecule has 174 valence electrons. The third-order valence-corrected chi connectivity index (χ3v) is 6.04. The van der Waals surface area contributed by atoms with Gasteiger partial charge in [-0.05, 0) is 68.7 Å². The highest BCUT2D eigenvalue weighted by Gasteiger charge is 2.19. The summed E-state index contributed by atoms with van der Waals surface area (Å²) >= 11 is 0. The second-order valence-electron chi connectivity index (χ2n) is 8.48. The van der Waals surface area contributed by atoms with Gasteiger partial charge in [-0.25, -0.2) is 0 Å². The van der Waals surface area contributed by atoms with E-state index in [-0.39, 0.29) is 5.91 Å². The van der Waals surface area contributed by atoms with E-state index in [2.05, 4.69) is 5.32 Å². The summed E-state index contributed by atoms with van der Waals surface area (Å²) in [7, 11) is 3.28. The summed E-state index contributed by atoms with van der Waals surface area (Å²) in [5, 5.41) is 3.93. The second kappa shape index (κ2) is 9.48. The molecule has 4 aromatic rings. The average Bonchev–Trinajstić information content (AvgIpc) is 3.25. The predicted molar refractivity (Wildman–Crippen MR) is 138 cm³/mol. The van der Waals surface area contributed by atoms with Crippen molar-refractivity contribution in [2.75, 3.05) is 19.5 Å². The van der Waals surface area contributed by atoms with Crippen LogP contribution in [0.3, 0.4) is 0 Å². The fourth-order valence-electron chi connectivity index (χ4n) is 4.28. The van der Waals surface area contributed by atoms with Gasteiger partial charge in [0.25, 0.3) is 0 Å². The molecule has 1 heterocycles. The van der Waals surface area contributed by atoms with Crippen molar-refractivity contribution in [3.05, 3.63) is 83.1 Å². The zero-order chi connectivity index (χ0) is 24.4. The van der Waals surface area contributed by atoms with Crippen molar-refractivity contribution in [1.82, 2.24) is 0 Å². The monoisotopic (exact) mass is 455 g/mol. The van der Waals surface area contributed by atoms with Gasteiger partial charge in [-0.1, -0.05) is 29.8 Å². The molecule has 0 aliphatic heterocycles. The van der Waals surface area contributed by atoms with Crippen LogP contribution in [-0.4, -0.2) is 20.1 Å². The van der Waals surface area contributed by atoms with E-state index in [0.29, 0.717) is 5.75 Å². The lowest BCUT2D eigenvalue weighted by molar-refractivity contribution is -0.111. The van der Waals surface area contributed by atoms with Crippen LogP contribution in [0.4, 0.5) is 5.69 Å². The Balaban J connectivity index is 1.76. The number of ether oxygens (including phenoxy) is 2. The van der Waals surface area contributed by atoms with Gasteiger partial charge in [-0.15, -0.1) is 0 Å². The topological polar surface area (TPSA) is 60.7 Å². The second-order valence-corrected chi connectivity index (χ2v) is 8.48. The first kappa shape index (κ1) is 23.2. The lowest BCUT2D eigenvalue weighted by Crippen LogP contribution is -2.10. The number of allylic oxidation sites excluding steroid dienone is 1. The van der Waals surface area contributed by atoms with Crippen molar-refractivity contribution in [1.29, 1.82) is 0 Å². The number of aryl methyl sites for hydroxylation is 3. The van der Waals surface area contributed by atoms with Gasteiger partial charge in [0.15, 0.2) is 0 Å². The Hall–Kier alpha value is -3.99. The molecule has 0 saturated carbocycles. The molecule has 0 aliphatic carbocycles. The maximum Gasteiger partial charge on any atom is 0.248 e. The normalized spacial score (nSPS) is 11.5. The van der Waals surface area contributed by atoms with E-state index in [1.807, 2.05) is 76.2 Å². The molecule has 4 rings (SSSR count). The van der Waals surface area contributed by atoms with Gasteiger partial charge in [0, 0.05) is 33.8 Å². The Kier molecular flexibility index (Phi) is 6.46. The Bertz CT molecular complexity index is 1410. The molecule has 1 amide bonds. The maximum absolute atomic E-state index is 12.8. The lowest BCUT2D eigenvalue weighted by atomic mass is 9.96. The molecule has 0 spiro atoms. The zero-order valence-electron chi connectivity index (χ0n) is 20.4. The van der Waals surface area contributed by atoms with Gasteiger partial charge >= 0.3 is 0 Å². The van der Waals surface area contributed by atoms with E-state index in [9.17, 15) is 4.79 Å². The molecule has 34 heavy (non-hydrogen) atoms. The number of fused-ring (bicyclic) bond motifs is 1. The van der Waals surface area contributed by atoms with E-state index in [0.717, 1.165) is 61.4 Å². The standard InChI is InChI=1S/C29H29NO4/c1-17-10-11-26(19(3)12-17)30-27(31)13-18(2)23-15-24-25(21-8-7-9-22(14-21)32-5)16-34-29(24)20(4)28(23)33-6/h7-16H,1-6H3,(H,30,31)/b18-13+. The summed E-state index contributed by atoms with van der Waals surface area (Å²) in [6.07, 6.45) is 3.36. The summed E-state index contributed by atoms with van der Waals surface area (Å²) in [5.41, 5.74) is 8.19. The van der Waals surface area contributed by atoms with Gasteiger partial charge in [-0.2, -0.15) is 0 Å². The molecule has 0 bridgehead atoms. The minimum atomic E-state index is -0.190. The molecule has 0 unspecified atom stereocenters. The Morgan fingerprint density at radius 3 is 2.50 bits per heavy atom. The van der Waals surface area contributed by atoms with Crippen molar-refractivity contribution in [3.63, 3.8) is 0 Å². The molecule has 1 aromatic heterocycles. The van der Waals surface area contributed by atoms with Gasteiger partial charge in [-0.3, -0.25) is 4.79 Å². The molecule has 5 nitrogen and oxygen atoms in total. The minimum absolute atomic E-state index is 0.190. The fraction of sp³-hybridized carbons (Fsp3) is 0.207. The van der Waals surface area contributed by atoms with E-state index >= 15 is 0 Å². The van der Waals surface area contributed by atoms with Crippen LogP contribution in [0.1, 0.15) is 29.2 Å². The van der Waals surface area contributed by atoms with Gasteiger partial charge in [0.2, 0.25) is 5.91 Å². The van der Waals surface area contributed by atoms with Crippen molar-refractivity contribution in [3.8, 4) is 22.6 Å². The molecule has 0 atom stereocenters. The van der Waals surface area contributed by atoms with Gasteiger partial charge in [0.05, 0.1) is 20.5 Å². The Morgan fingerprint density at radius 2 is 1.79 bits per heavy atom. The SMILES string of the molecule is COc1cccc(-c2coc3c(C)c(OC)c(/C(C)=C/C(=O)Nc4ccc(C)cc4C)cc23)c1. The van der Waals surface area contributed by atoms with Crippen LogP contribution >= 0.6 is 0 Å². The summed E-state index contributed by atoms with van der Waals surface area (Å²) in [6.45, 7) is 7.89. The van der Waals surface area contributed by atoms with E-state index in [4.69, 9.17) is 13.9 Å². The van der Waals surface area contributed by atoms with Crippen molar-refractivity contribution in [2.24, 2.45) is 0 Å². The summed E-state index contributed by atoms with van der Waals surface area (Å²) in [6, 6.07) is 15.8. The van der Waals surface area contributed by atoms with Crippen LogP contribution in [0, 0.1) is 20.8 Å². The number of hydrogen-bond donors (Lipinski definition) is 1. The minimum Gasteiger partial charge on any atom is -0.497 e. The van der Waals surface area contributed by atoms with Crippen LogP contribution in [0.25, 0.3) is 27.7 Å². The highest BCUT2D eigenvalue weighted by Crippen LogP contribution is 2.41. The molecular weight excluding hydrogens is 426 g/mol. The highest BCUT2D eigenvalue weighted by atomic mass is 16.5. The number of anilines is 1. The summed E-state index contributed by atoms with van der Waals surface area (Å²) in [5.74, 6) is 1.27. The number of furan rings is 1. The first-order valence-corrected chi connectivity index (χ1v) is 11.1. The average molecular weight is 456 g/mol. The number of carbonyl (C=O) groups excluding carboxylic acids is 1. The van der Waals surface area contributed by atoms with Crippen LogP contribution in [0.15, 0.2) is 65.3 Å². The molecule has 0 aliphatic rings. The maximum atomic E-state index is 12.8.